The minimum absolute atomic E-state index is 0.0873. The monoisotopic (exact) mass is 414 g/mol. The summed E-state index contributed by atoms with van der Waals surface area (Å²) in [5, 5.41) is 26.8. The number of nitrogens with one attached hydrogen (secondary N) is 2. The van der Waals surface area contributed by atoms with E-state index < -0.39 is 0 Å². The van der Waals surface area contributed by atoms with E-state index in [4.69, 9.17) is 0 Å². The molecular weight excluding hydrogens is 392 g/mol. The number of benzene rings is 2. The van der Waals surface area contributed by atoms with Crippen LogP contribution in [0.3, 0.4) is 0 Å². The van der Waals surface area contributed by atoms with E-state index >= 15 is 0 Å². The van der Waals surface area contributed by atoms with Crippen LogP contribution in [0.5, 0.6) is 11.5 Å². The van der Waals surface area contributed by atoms with E-state index in [9.17, 15) is 19.8 Å². The number of phenolic OH excluding ortho intramolecular Hbond substituents is 2. The van der Waals surface area contributed by atoms with E-state index in [1.165, 1.54) is 36.3 Å². The van der Waals surface area contributed by atoms with Gasteiger partial charge in [0.25, 0.3) is 0 Å². The molecule has 0 aromatic heterocycles. The molecule has 0 aliphatic rings. The molecule has 29 heavy (non-hydrogen) atoms. The average Bonchev–Trinajstić information content (AvgIpc) is 2.70. The summed E-state index contributed by atoms with van der Waals surface area (Å²) >= 11 is 1.47. The number of hydrogen-bond acceptors (Lipinski definition) is 7. The third kappa shape index (κ3) is 8.48. The standard InChI is InChI=1S/C20H22N4O4S/c25-17-7-3-1-5-15(17)13-21-23-19(27)9-11-29-12-10-20(28)24-22-14-16-6-2-4-8-18(16)26/h1-8,13-14,25-26H,9-12H2,(H,23,27)(H,24,28)/b21-13-,22-14+. The Morgan fingerprint density at radius 1 is 0.793 bits per heavy atom. The Morgan fingerprint density at radius 2 is 1.21 bits per heavy atom. The Morgan fingerprint density at radius 3 is 1.62 bits per heavy atom. The summed E-state index contributed by atoms with van der Waals surface area (Å²) in [7, 11) is 0. The maximum Gasteiger partial charge on any atom is 0.240 e. The van der Waals surface area contributed by atoms with Crippen molar-refractivity contribution in [3.8, 4) is 11.5 Å². The molecule has 0 saturated carbocycles. The molecule has 2 aromatic rings. The van der Waals surface area contributed by atoms with Gasteiger partial charge in [0, 0.05) is 35.5 Å². The smallest absolute Gasteiger partial charge is 0.240 e. The highest BCUT2D eigenvalue weighted by atomic mass is 32.2. The van der Waals surface area contributed by atoms with Crippen LogP contribution in [0, 0.1) is 0 Å². The van der Waals surface area contributed by atoms with Crippen molar-refractivity contribution >= 4 is 36.0 Å². The van der Waals surface area contributed by atoms with Gasteiger partial charge in [-0.2, -0.15) is 22.0 Å². The van der Waals surface area contributed by atoms with Gasteiger partial charge in [0.05, 0.1) is 12.4 Å². The molecule has 0 atom stereocenters. The molecule has 9 heteroatoms. The maximum atomic E-state index is 11.7. The fourth-order valence-corrected chi connectivity index (χ4v) is 2.95. The molecule has 0 aliphatic heterocycles. The molecule has 0 fully saturated rings. The molecule has 0 bridgehead atoms. The molecule has 0 saturated heterocycles. The van der Waals surface area contributed by atoms with Crippen molar-refractivity contribution in [3.05, 3.63) is 59.7 Å². The summed E-state index contributed by atoms with van der Waals surface area (Å²) in [6, 6.07) is 13.3. The highest BCUT2D eigenvalue weighted by molar-refractivity contribution is 7.99. The molecule has 2 rings (SSSR count). The van der Waals surface area contributed by atoms with Gasteiger partial charge in [-0.05, 0) is 24.3 Å². The zero-order valence-corrected chi connectivity index (χ0v) is 16.4. The molecule has 0 heterocycles. The summed E-state index contributed by atoms with van der Waals surface area (Å²) in [6.45, 7) is 0. The van der Waals surface area contributed by atoms with Gasteiger partial charge >= 0.3 is 0 Å². The van der Waals surface area contributed by atoms with Crippen molar-refractivity contribution in [3.63, 3.8) is 0 Å². The van der Waals surface area contributed by atoms with Crippen molar-refractivity contribution in [2.75, 3.05) is 11.5 Å². The van der Waals surface area contributed by atoms with Gasteiger partial charge < -0.3 is 10.2 Å². The molecular formula is C20H22N4O4S. The number of para-hydroxylation sites is 2. The lowest BCUT2D eigenvalue weighted by Gasteiger charge is -2.02. The van der Waals surface area contributed by atoms with Crippen LogP contribution in [-0.4, -0.2) is 46.0 Å². The molecule has 152 valence electrons. The predicted molar refractivity (Wildman–Crippen MR) is 114 cm³/mol. The van der Waals surface area contributed by atoms with Crippen molar-refractivity contribution in [2.45, 2.75) is 12.8 Å². The van der Waals surface area contributed by atoms with Crippen molar-refractivity contribution in [1.82, 2.24) is 10.9 Å². The van der Waals surface area contributed by atoms with E-state index in [1.54, 1.807) is 36.4 Å². The van der Waals surface area contributed by atoms with Crippen molar-refractivity contribution in [2.24, 2.45) is 10.2 Å². The molecule has 8 nitrogen and oxygen atoms in total. The fraction of sp³-hybridized carbons (Fsp3) is 0.200. The second-order valence-corrected chi connectivity index (χ2v) is 7.04. The largest absolute Gasteiger partial charge is 0.507 e. The van der Waals surface area contributed by atoms with Gasteiger partial charge in [-0.1, -0.05) is 24.3 Å². The minimum Gasteiger partial charge on any atom is -0.507 e. The first-order chi connectivity index (χ1) is 14.1. The normalized spacial score (nSPS) is 11.0. The predicted octanol–water partition coefficient (Wildman–Crippen LogP) is 2.21. The summed E-state index contributed by atoms with van der Waals surface area (Å²) in [5.74, 6) is 0.772. The van der Waals surface area contributed by atoms with Crippen LogP contribution >= 0.6 is 11.8 Å². The van der Waals surface area contributed by atoms with E-state index in [0.717, 1.165) is 0 Å². The molecule has 2 amide bonds. The van der Waals surface area contributed by atoms with E-state index in [0.29, 0.717) is 22.6 Å². The second-order valence-electron chi connectivity index (χ2n) is 5.82. The zero-order valence-electron chi connectivity index (χ0n) is 15.6. The lowest BCUT2D eigenvalue weighted by Crippen LogP contribution is -2.19. The third-order valence-corrected chi connectivity index (χ3v) is 4.59. The minimum atomic E-state index is -0.249. The number of aromatic hydroxyl groups is 2. The quantitative estimate of drug-likeness (QED) is 0.270. The summed E-state index contributed by atoms with van der Waals surface area (Å²) in [6.07, 6.45) is 3.27. The number of amides is 2. The first-order valence-electron chi connectivity index (χ1n) is 8.84. The van der Waals surface area contributed by atoms with Crippen LogP contribution in [0.15, 0.2) is 58.7 Å². The Balaban J connectivity index is 1.56. The number of phenols is 2. The Kier molecular flexibility index (Phi) is 9.23. The number of nitrogens with zero attached hydrogens (tertiary/aromatic N) is 2. The van der Waals surface area contributed by atoms with E-state index in [-0.39, 0.29) is 36.2 Å². The number of carbonyl (C=O) groups excluding carboxylic acids is 2. The van der Waals surface area contributed by atoms with E-state index in [1.807, 2.05) is 0 Å². The van der Waals surface area contributed by atoms with Gasteiger partial charge in [0.1, 0.15) is 11.5 Å². The lowest BCUT2D eigenvalue weighted by molar-refractivity contribution is -0.121. The Labute approximate surface area is 172 Å². The van der Waals surface area contributed by atoms with Gasteiger partial charge in [-0.25, -0.2) is 10.9 Å². The SMILES string of the molecule is O=C(CCSCCC(=O)N/N=C/c1ccccc1O)N/N=C\c1ccccc1O. The third-order valence-electron chi connectivity index (χ3n) is 3.61. The van der Waals surface area contributed by atoms with Gasteiger partial charge in [-0.3, -0.25) is 9.59 Å². The first-order valence-corrected chi connectivity index (χ1v) is 9.99. The molecule has 2 aromatic carbocycles. The Bertz CT molecular complexity index is 815. The topological polar surface area (TPSA) is 123 Å². The fourth-order valence-electron chi connectivity index (χ4n) is 2.08. The van der Waals surface area contributed by atoms with Crippen molar-refractivity contribution < 1.29 is 19.8 Å². The molecule has 4 N–H and O–H groups in total. The number of hydrazone groups is 2. The zero-order chi connectivity index (χ0) is 20.9. The van der Waals surface area contributed by atoms with Gasteiger partial charge in [0.2, 0.25) is 11.8 Å². The number of carbonyl (C=O) groups is 2. The molecule has 0 spiro atoms. The highest BCUT2D eigenvalue weighted by Gasteiger charge is 2.03. The number of hydrogen-bond donors (Lipinski definition) is 4. The molecule has 0 radical (unpaired) electrons. The highest BCUT2D eigenvalue weighted by Crippen LogP contribution is 2.13. The summed E-state index contributed by atoms with van der Waals surface area (Å²) in [5.41, 5.74) is 5.81. The van der Waals surface area contributed by atoms with Crippen LogP contribution < -0.4 is 10.9 Å². The summed E-state index contributed by atoms with van der Waals surface area (Å²) < 4.78 is 0. The van der Waals surface area contributed by atoms with Crippen molar-refractivity contribution in [1.29, 1.82) is 0 Å². The first kappa shape index (κ1) is 22.0. The van der Waals surface area contributed by atoms with Gasteiger partial charge in [0.15, 0.2) is 0 Å². The molecule has 0 unspecified atom stereocenters. The summed E-state index contributed by atoms with van der Waals surface area (Å²) in [4.78, 5) is 23.4. The van der Waals surface area contributed by atoms with Gasteiger partial charge in [-0.15, -0.1) is 0 Å². The average molecular weight is 414 g/mol. The Hall–Kier alpha value is -3.33. The lowest BCUT2D eigenvalue weighted by atomic mass is 10.2. The van der Waals surface area contributed by atoms with Crippen LogP contribution in [0.4, 0.5) is 0 Å². The van der Waals surface area contributed by atoms with E-state index in [2.05, 4.69) is 21.1 Å². The number of thioether (sulfide) groups is 1. The van der Waals surface area contributed by atoms with Crippen LogP contribution in [0.2, 0.25) is 0 Å². The maximum absolute atomic E-state index is 11.7. The van der Waals surface area contributed by atoms with Crippen LogP contribution in [0.25, 0.3) is 0 Å². The van der Waals surface area contributed by atoms with Crippen LogP contribution in [0.1, 0.15) is 24.0 Å². The van der Waals surface area contributed by atoms with Crippen LogP contribution in [-0.2, 0) is 9.59 Å². The molecule has 0 aliphatic carbocycles. The second kappa shape index (κ2) is 12.2. The number of rotatable bonds is 10.